The molecule has 0 saturated carbocycles. The number of nitrogens with one attached hydrogen (secondary N) is 1. The van der Waals surface area contributed by atoms with Gasteiger partial charge < -0.3 is 10.4 Å². The second-order valence-corrected chi connectivity index (χ2v) is 3.93. The Bertz CT molecular complexity index is 729. The molecular formula is C13H9N3O5. The highest BCUT2D eigenvalue weighted by Crippen LogP contribution is 2.20. The van der Waals surface area contributed by atoms with Crippen molar-refractivity contribution in [2.24, 2.45) is 0 Å². The van der Waals surface area contributed by atoms with Gasteiger partial charge in [-0.25, -0.2) is 9.78 Å². The Morgan fingerprint density at radius 3 is 2.57 bits per heavy atom. The first-order valence-corrected chi connectivity index (χ1v) is 5.74. The quantitative estimate of drug-likeness (QED) is 0.654. The lowest BCUT2D eigenvalue weighted by Crippen LogP contribution is -2.16. The first-order valence-electron chi connectivity index (χ1n) is 5.74. The molecule has 0 aliphatic heterocycles. The SMILES string of the molecule is O=C(Nc1cccnc1C(=O)O)c1ccccc1[N+](=O)[O-]. The summed E-state index contributed by atoms with van der Waals surface area (Å²) in [5.41, 5.74) is -0.906. The molecule has 1 aromatic carbocycles. The molecule has 0 aliphatic rings. The summed E-state index contributed by atoms with van der Waals surface area (Å²) in [5, 5.41) is 22.2. The number of aromatic carboxylic acids is 1. The van der Waals surface area contributed by atoms with Crippen LogP contribution in [0.5, 0.6) is 0 Å². The zero-order valence-corrected chi connectivity index (χ0v) is 10.5. The molecule has 21 heavy (non-hydrogen) atoms. The average Bonchev–Trinajstić information content (AvgIpc) is 2.47. The van der Waals surface area contributed by atoms with E-state index in [1.807, 2.05) is 0 Å². The van der Waals surface area contributed by atoms with Gasteiger partial charge in [-0.05, 0) is 18.2 Å². The molecule has 0 spiro atoms. The van der Waals surface area contributed by atoms with Gasteiger partial charge in [0.15, 0.2) is 5.69 Å². The second-order valence-electron chi connectivity index (χ2n) is 3.93. The molecule has 0 saturated heterocycles. The van der Waals surface area contributed by atoms with E-state index < -0.39 is 16.8 Å². The summed E-state index contributed by atoms with van der Waals surface area (Å²) in [6.07, 6.45) is 1.27. The van der Waals surface area contributed by atoms with Gasteiger partial charge in [-0.15, -0.1) is 0 Å². The van der Waals surface area contributed by atoms with Gasteiger partial charge in [0.05, 0.1) is 10.6 Å². The molecule has 1 amide bonds. The van der Waals surface area contributed by atoms with Crippen LogP contribution in [0.3, 0.4) is 0 Å². The maximum atomic E-state index is 12.1. The molecule has 106 valence electrons. The minimum atomic E-state index is -1.31. The van der Waals surface area contributed by atoms with Gasteiger partial charge in [0.2, 0.25) is 0 Å². The maximum Gasteiger partial charge on any atom is 0.356 e. The van der Waals surface area contributed by atoms with Crippen LogP contribution in [0.15, 0.2) is 42.6 Å². The molecule has 1 aromatic heterocycles. The van der Waals surface area contributed by atoms with Gasteiger partial charge in [0.1, 0.15) is 5.56 Å². The number of anilines is 1. The molecular weight excluding hydrogens is 278 g/mol. The molecule has 0 unspecified atom stereocenters. The monoisotopic (exact) mass is 287 g/mol. The predicted molar refractivity (Wildman–Crippen MR) is 72.2 cm³/mol. The molecule has 0 fully saturated rings. The van der Waals surface area contributed by atoms with Gasteiger partial charge in [-0.1, -0.05) is 12.1 Å². The highest BCUT2D eigenvalue weighted by atomic mass is 16.6. The van der Waals surface area contributed by atoms with E-state index in [1.165, 1.54) is 42.6 Å². The van der Waals surface area contributed by atoms with E-state index in [4.69, 9.17) is 5.11 Å². The van der Waals surface area contributed by atoms with Gasteiger partial charge >= 0.3 is 5.97 Å². The van der Waals surface area contributed by atoms with Gasteiger partial charge in [0.25, 0.3) is 11.6 Å². The number of hydrogen-bond donors (Lipinski definition) is 2. The molecule has 0 bridgehead atoms. The number of carbonyl (C=O) groups is 2. The number of hydrogen-bond acceptors (Lipinski definition) is 5. The van der Waals surface area contributed by atoms with Crippen LogP contribution in [-0.2, 0) is 0 Å². The molecule has 2 aromatic rings. The first-order chi connectivity index (χ1) is 10.0. The van der Waals surface area contributed by atoms with Crippen molar-refractivity contribution >= 4 is 23.3 Å². The number of rotatable bonds is 4. The van der Waals surface area contributed by atoms with Crippen LogP contribution < -0.4 is 5.32 Å². The van der Waals surface area contributed by atoms with Crippen molar-refractivity contribution in [1.82, 2.24) is 4.98 Å². The van der Waals surface area contributed by atoms with Crippen LogP contribution in [0.25, 0.3) is 0 Å². The van der Waals surface area contributed by atoms with E-state index in [2.05, 4.69) is 10.3 Å². The zero-order chi connectivity index (χ0) is 15.4. The van der Waals surface area contributed by atoms with Crippen molar-refractivity contribution in [3.05, 3.63) is 64.0 Å². The van der Waals surface area contributed by atoms with Gasteiger partial charge in [-0.3, -0.25) is 14.9 Å². The Labute approximate surface area is 118 Å². The first kappa shape index (κ1) is 14.1. The van der Waals surface area contributed by atoms with E-state index >= 15 is 0 Å². The minimum Gasteiger partial charge on any atom is -0.476 e. The fraction of sp³-hybridized carbons (Fsp3) is 0. The van der Waals surface area contributed by atoms with Crippen molar-refractivity contribution in [1.29, 1.82) is 0 Å². The number of nitrogens with zero attached hydrogens (tertiary/aromatic N) is 2. The van der Waals surface area contributed by atoms with E-state index in [1.54, 1.807) is 0 Å². The summed E-state index contributed by atoms with van der Waals surface area (Å²) >= 11 is 0. The molecule has 1 heterocycles. The van der Waals surface area contributed by atoms with Crippen LogP contribution in [0.1, 0.15) is 20.8 Å². The highest BCUT2D eigenvalue weighted by Gasteiger charge is 2.21. The standard InChI is InChI=1S/C13H9N3O5/c17-12(8-4-1-2-6-10(8)16(20)21)15-9-5-3-7-14-11(9)13(18)19/h1-7H,(H,15,17)(H,18,19). The zero-order valence-electron chi connectivity index (χ0n) is 10.5. The third-order valence-corrected chi connectivity index (χ3v) is 2.60. The number of nitro benzene ring substituents is 1. The topological polar surface area (TPSA) is 122 Å². The van der Waals surface area contributed by atoms with Crippen LogP contribution in [-0.4, -0.2) is 26.9 Å². The van der Waals surface area contributed by atoms with E-state index in [9.17, 15) is 19.7 Å². The number of carboxylic acids is 1. The summed E-state index contributed by atoms with van der Waals surface area (Å²) < 4.78 is 0. The number of carboxylic acid groups (broad SMARTS) is 1. The lowest BCUT2D eigenvalue weighted by molar-refractivity contribution is -0.385. The number of benzene rings is 1. The number of para-hydroxylation sites is 1. The third kappa shape index (κ3) is 3.00. The number of nitro groups is 1. The Balaban J connectivity index is 2.36. The van der Waals surface area contributed by atoms with E-state index in [-0.39, 0.29) is 22.6 Å². The smallest absolute Gasteiger partial charge is 0.356 e. The fourth-order valence-electron chi connectivity index (χ4n) is 1.69. The maximum absolute atomic E-state index is 12.1. The van der Waals surface area contributed by atoms with Crippen molar-refractivity contribution in [3.8, 4) is 0 Å². The normalized spacial score (nSPS) is 9.90. The number of amides is 1. The predicted octanol–water partition coefficient (Wildman–Crippen LogP) is 1.94. The molecule has 2 rings (SSSR count). The molecule has 0 atom stereocenters. The van der Waals surface area contributed by atoms with Crippen molar-refractivity contribution in [3.63, 3.8) is 0 Å². The van der Waals surface area contributed by atoms with E-state index in [0.717, 1.165) is 0 Å². The van der Waals surface area contributed by atoms with Gasteiger partial charge in [0, 0.05) is 12.3 Å². The highest BCUT2D eigenvalue weighted by molar-refractivity contribution is 6.09. The fourth-order valence-corrected chi connectivity index (χ4v) is 1.69. The number of pyridine rings is 1. The Morgan fingerprint density at radius 2 is 1.90 bits per heavy atom. The van der Waals surface area contributed by atoms with E-state index in [0.29, 0.717) is 0 Å². The lowest BCUT2D eigenvalue weighted by Gasteiger charge is -2.07. The summed E-state index contributed by atoms with van der Waals surface area (Å²) in [5.74, 6) is -2.09. The number of aromatic nitrogens is 1. The van der Waals surface area contributed by atoms with Crippen LogP contribution in [0, 0.1) is 10.1 Å². The Hall–Kier alpha value is -3.29. The summed E-state index contributed by atoms with van der Waals surface area (Å²) in [4.78, 5) is 36.9. The molecule has 2 N–H and O–H groups in total. The number of carbonyl (C=O) groups excluding carboxylic acids is 1. The molecule has 0 aliphatic carbocycles. The average molecular weight is 287 g/mol. The minimum absolute atomic E-state index is 0.0341. The Morgan fingerprint density at radius 1 is 1.19 bits per heavy atom. The summed E-state index contributed by atoms with van der Waals surface area (Å²) in [7, 11) is 0. The largest absolute Gasteiger partial charge is 0.476 e. The lowest BCUT2D eigenvalue weighted by atomic mass is 10.1. The van der Waals surface area contributed by atoms with Crippen LogP contribution in [0.4, 0.5) is 11.4 Å². The van der Waals surface area contributed by atoms with Crippen LogP contribution in [0.2, 0.25) is 0 Å². The summed E-state index contributed by atoms with van der Waals surface area (Å²) in [6, 6.07) is 8.18. The van der Waals surface area contributed by atoms with Crippen molar-refractivity contribution in [2.75, 3.05) is 5.32 Å². The molecule has 8 heteroatoms. The third-order valence-electron chi connectivity index (χ3n) is 2.60. The summed E-state index contributed by atoms with van der Waals surface area (Å²) in [6.45, 7) is 0. The van der Waals surface area contributed by atoms with Gasteiger partial charge in [-0.2, -0.15) is 0 Å². The Kier molecular flexibility index (Phi) is 3.89. The second kappa shape index (κ2) is 5.78. The van der Waals surface area contributed by atoms with Crippen molar-refractivity contribution in [2.45, 2.75) is 0 Å². The molecule has 0 radical (unpaired) electrons. The van der Waals surface area contributed by atoms with Crippen LogP contribution >= 0.6 is 0 Å². The molecule has 8 nitrogen and oxygen atoms in total. The van der Waals surface area contributed by atoms with Crippen molar-refractivity contribution < 1.29 is 19.6 Å².